The minimum atomic E-state index is -0.180. The summed E-state index contributed by atoms with van der Waals surface area (Å²) in [5, 5.41) is 0. The highest BCUT2D eigenvalue weighted by Crippen LogP contribution is 2.53. The number of hydrogen-bond acceptors (Lipinski definition) is 4. The molecule has 94 heavy (non-hydrogen) atoms. The van der Waals surface area contributed by atoms with Crippen LogP contribution >= 0.6 is 0 Å². The predicted octanol–water partition coefficient (Wildman–Crippen LogP) is 22.3. The fourth-order valence-electron chi connectivity index (χ4n) is 15.1. The third-order valence-corrected chi connectivity index (χ3v) is 20.0. The van der Waals surface area contributed by atoms with Crippen molar-refractivity contribution in [2.45, 2.75) is 38.5 Å². The lowest BCUT2D eigenvalue weighted by Gasteiger charge is -2.23. The van der Waals surface area contributed by atoms with Crippen LogP contribution in [0.3, 0.4) is 0 Å². The molecule has 0 atom stereocenters. The molecule has 13 aromatic carbocycles. The van der Waals surface area contributed by atoms with Gasteiger partial charge in [0, 0.05) is 44.5 Å². The molecule has 2 aliphatic carbocycles. The number of hydrogen-bond donors (Lipinski definition) is 0. The van der Waals surface area contributed by atoms with Crippen LogP contribution in [-0.4, -0.2) is 29.1 Å². The summed E-state index contributed by atoms with van der Waals surface area (Å²) >= 11 is 0. The molecule has 0 radical (unpaired) electrons. The van der Waals surface area contributed by atoms with Gasteiger partial charge in [0.1, 0.15) is 11.6 Å². The Morgan fingerprint density at radius 1 is 0.223 bits per heavy atom. The molecule has 0 aliphatic heterocycles. The van der Waals surface area contributed by atoms with Crippen molar-refractivity contribution in [3.05, 3.63) is 326 Å². The maximum atomic E-state index is 5.77. The highest BCUT2D eigenvalue weighted by molar-refractivity contribution is 5.98. The number of aromatic nitrogens is 6. The summed E-state index contributed by atoms with van der Waals surface area (Å²) in [6.45, 7) is 9.45. The molecule has 18 rings (SSSR count). The van der Waals surface area contributed by atoms with Gasteiger partial charge in [-0.25, -0.2) is 19.9 Å². The molecular weight excluding hydrogens is 1140 g/mol. The van der Waals surface area contributed by atoms with Gasteiger partial charge in [-0.2, -0.15) is 0 Å². The van der Waals surface area contributed by atoms with Crippen molar-refractivity contribution in [2.24, 2.45) is 0 Å². The van der Waals surface area contributed by atoms with Crippen LogP contribution in [0.25, 0.3) is 157 Å². The topological polar surface area (TPSA) is 61.4 Å². The van der Waals surface area contributed by atoms with E-state index in [0.717, 1.165) is 134 Å². The maximum absolute atomic E-state index is 5.77. The molecule has 0 saturated carbocycles. The summed E-state index contributed by atoms with van der Waals surface area (Å²) in [7, 11) is 0. The standard InChI is InChI=1S/C88H62N6/c1-87(2)73-25-13-11-23-67(73)69-49-47-63(51-75(69)87)71-53-79-80(54-72(71)64-48-50-70-68-24-12-14-26-74(68)88(3,4)76(70)52-64)90-84(60-41-33-56(34-42-60)58-37-45-62(46-38-58)86-92-78-28-16-18-30-82(78)94(86)66-21-9-6-10-22-66)83(89-79)59-39-31-55(32-40-59)57-35-43-61(44-36-57)85-91-77-27-15-17-29-81(77)93(85)65-19-7-5-8-20-65/h5-54H,1-4H3. The minimum absolute atomic E-state index is 0.180. The van der Waals surface area contributed by atoms with Gasteiger partial charge in [-0.05, 0) is 162 Å². The third-order valence-electron chi connectivity index (χ3n) is 20.0. The van der Waals surface area contributed by atoms with Crippen molar-refractivity contribution >= 4 is 33.1 Å². The van der Waals surface area contributed by atoms with Gasteiger partial charge in [-0.15, -0.1) is 0 Å². The van der Waals surface area contributed by atoms with Crippen LogP contribution in [0.5, 0.6) is 0 Å². The fraction of sp³-hybridized carbons (Fsp3) is 0.0682. The minimum Gasteiger partial charge on any atom is -0.292 e. The lowest BCUT2D eigenvalue weighted by atomic mass is 9.80. The molecule has 444 valence electrons. The number of imidazole rings is 2. The van der Waals surface area contributed by atoms with Crippen LogP contribution in [0.4, 0.5) is 0 Å². The van der Waals surface area contributed by atoms with E-state index in [4.69, 9.17) is 19.9 Å². The van der Waals surface area contributed by atoms with Crippen LogP contribution in [0.2, 0.25) is 0 Å². The normalized spacial score (nSPS) is 13.3. The molecular formula is C88H62N6. The van der Waals surface area contributed by atoms with Gasteiger partial charge in [-0.1, -0.05) is 258 Å². The lowest BCUT2D eigenvalue weighted by Crippen LogP contribution is -2.15. The molecule has 0 fully saturated rings. The van der Waals surface area contributed by atoms with E-state index >= 15 is 0 Å². The van der Waals surface area contributed by atoms with E-state index in [2.05, 4.69) is 328 Å². The zero-order valence-electron chi connectivity index (χ0n) is 52.6. The van der Waals surface area contributed by atoms with Gasteiger partial charge in [0.05, 0.1) is 44.5 Å². The third kappa shape index (κ3) is 8.85. The van der Waals surface area contributed by atoms with Crippen LogP contribution in [0, 0.1) is 0 Å². The first-order valence-electron chi connectivity index (χ1n) is 32.4. The molecule has 16 aromatic rings. The maximum Gasteiger partial charge on any atom is 0.145 e. The Labute approximate surface area is 546 Å². The number of benzene rings is 13. The SMILES string of the molecule is CC1(C)c2ccccc2-c2ccc(-c3cc4nc(-c5ccc(-c6ccc(-c7nc8ccccc8n7-c7ccccc7)cc6)cc5)c(-c5ccc(-c6ccc(-c7nc8ccccc8n7-c7ccccc7)cc6)cc5)nc4cc3-c3ccc4c(c3)C(C)(C)c3ccccc3-4)cc21. The van der Waals surface area contributed by atoms with Crippen molar-refractivity contribution < 1.29 is 0 Å². The lowest BCUT2D eigenvalue weighted by molar-refractivity contribution is 0.660. The van der Waals surface area contributed by atoms with Crippen molar-refractivity contribution in [2.75, 3.05) is 0 Å². The summed E-state index contributed by atoms with van der Waals surface area (Å²) < 4.78 is 4.50. The first kappa shape index (κ1) is 55.0. The number of fused-ring (bicyclic) bond motifs is 9. The molecule has 6 nitrogen and oxygen atoms in total. The predicted molar refractivity (Wildman–Crippen MR) is 387 cm³/mol. The Morgan fingerprint density at radius 3 is 0.926 bits per heavy atom. The Morgan fingerprint density at radius 2 is 0.532 bits per heavy atom. The van der Waals surface area contributed by atoms with Crippen LogP contribution < -0.4 is 0 Å². The highest BCUT2D eigenvalue weighted by atomic mass is 15.1. The second-order valence-corrected chi connectivity index (χ2v) is 26.2. The summed E-state index contributed by atoms with van der Waals surface area (Å²) in [6, 6.07) is 110. The quantitative estimate of drug-likeness (QED) is 0.137. The van der Waals surface area contributed by atoms with Crippen molar-refractivity contribution in [1.29, 1.82) is 0 Å². The van der Waals surface area contributed by atoms with Crippen LogP contribution in [0.1, 0.15) is 49.9 Å². The molecule has 0 spiro atoms. The van der Waals surface area contributed by atoms with E-state index in [-0.39, 0.29) is 10.8 Å². The Balaban J connectivity index is 0.766. The van der Waals surface area contributed by atoms with Gasteiger partial charge >= 0.3 is 0 Å². The molecule has 3 heterocycles. The number of rotatable bonds is 10. The monoisotopic (exact) mass is 1200 g/mol. The van der Waals surface area contributed by atoms with Crippen molar-refractivity contribution in [1.82, 2.24) is 29.1 Å². The summed E-state index contributed by atoms with van der Waals surface area (Å²) in [4.78, 5) is 21.8. The highest BCUT2D eigenvalue weighted by Gasteiger charge is 2.37. The van der Waals surface area contributed by atoms with E-state index in [1.165, 1.54) is 44.5 Å². The largest absolute Gasteiger partial charge is 0.292 e. The van der Waals surface area contributed by atoms with Crippen molar-refractivity contribution in [3.63, 3.8) is 0 Å². The first-order valence-corrected chi connectivity index (χ1v) is 32.4. The molecule has 0 unspecified atom stereocenters. The summed E-state index contributed by atoms with van der Waals surface area (Å²) in [5.74, 6) is 1.81. The Kier molecular flexibility index (Phi) is 12.5. The zero-order chi connectivity index (χ0) is 62.8. The number of nitrogens with zero attached hydrogens (tertiary/aromatic N) is 6. The van der Waals surface area contributed by atoms with E-state index in [9.17, 15) is 0 Å². The van der Waals surface area contributed by atoms with Gasteiger partial charge in [-0.3, -0.25) is 9.13 Å². The van der Waals surface area contributed by atoms with Gasteiger partial charge in [0.2, 0.25) is 0 Å². The van der Waals surface area contributed by atoms with E-state index < -0.39 is 0 Å². The molecule has 0 bridgehead atoms. The van der Waals surface area contributed by atoms with Gasteiger partial charge < -0.3 is 0 Å². The number of para-hydroxylation sites is 6. The average molecular weight is 1200 g/mol. The second kappa shape index (κ2) is 21.4. The van der Waals surface area contributed by atoms with Crippen LogP contribution in [0.15, 0.2) is 303 Å². The zero-order valence-corrected chi connectivity index (χ0v) is 52.6. The molecule has 0 amide bonds. The Bertz CT molecular complexity index is 5330. The average Bonchev–Trinajstić information content (AvgIpc) is 1.52. The van der Waals surface area contributed by atoms with Gasteiger partial charge in [0.25, 0.3) is 0 Å². The van der Waals surface area contributed by atoms with Gasteiger partial charge in [0.15, 0.2) is 0 Å². The second-order valence-electron chi connectivity index (χ2n) is 26.2. The molecule has 2 aliphatic rings. The summed E-state index contributed by atoms with van der Waals surface area (Å²) in [5.41, 5.74) is 32.7. The molecule has 0 N–H and O–H groups in total. The van der Waals surface area contributed by atoms with E-state index in [0.29, 0.717) is 0 Å². The fourth-order valence-corrected chi connectivity index (χ4v) is 15.1. The van der Waals surface area contributed by atoms with Crippen molar-refractivity contribution in [3.8, 4) is 123 Å². The smallest absolute Gasteiger partial charge is 0.145 e. The molecule has 6 heteroatoms. The van der Waals surface area contributed by atoms with E-state index in [1.807, 2.05) is 12.1 Å². The first-order chi connectivity index (χ1) is 46.1. The summed E-state index contributed by atoms with van der Waals surface area (Å²) in [6.07, 6.45) is 0. The van der Waals surface area contributed by atoms with Crippen LogP contribution in [-0.2, 0) is 10.8 Å². The Hall–Kier alpha value is -11.9. The molecule has 3 aromatic heterocycles. The molecule has 0 saturated heterocycles. The van der Waals surface area contributed by atoms with E-state index in [1.54, 1.807) is 0 Å².